The SMILES string of the molecule is CC(C)(C)C1CCc2nc3sc(C(=O)NC(CN)C4=CCC=CC=C4)cc3cc2C1. The zero-order chi connectivity index (χ0) is 21.3. The van der Waals surface area contributed by atoms with E-state index in [0.29, 0.717) is 22.8 Å². The smallest absolute Gasteiger partial charge is 0.261 e. The third-order valence-corrected chi connectivity index (χ3v) is 7.33. The fourth-order valence-corrected chi connectivity index (χ4v) is 5.27. The van der Waals surface area contributed by atoms with Crippen LogP contribution in [-0.4, -0.2) is 23.5 Å². The van der Waals surface area contributed by atoms with Gasteiger partial charge in [0, 0.05) is 17.6 Å². The molecule has 5 heteroatoms. The van der Waals surface area contributed by atoms with Gasteiger partial charge in [0.15, 0.2) is 0 Å². The Morgan fingerprint density at radius 1 is 1.33 bits per heavy atom. The average molecular weight is 422 g/mol. The normalized spacial score (nSPS) is 19.9. The first kappa shape index (κ1) is 21.0. The van der Waals surface area contributed by atoms with Gasteiger partial charge in [0.2, 0.25) is 0 Å². The summed E-state index contributed by atoms with van der Waals surface area (Å²) in [5.74, 6) is 0.594. The number of thiophene rings is 1. The molecule has 0 radical (unpaired) electrons. The van der Waals surface area contributed by atoms with Gasteiger partial charge in [0.05, 0.1) is 10.9 Å². The van der Waals surface area contributed by atoms with E-state index in [4.69, 9.17) is 10.7 Å². The highest BCUT2D eigenvalue weighted by molar-refractivity contribution is 7.20. The van der Waals surface area contributed by atoms with Gasteiger partial charge in [-0.3, -0.25) is 4.79 Å². The molecule has 0 aromatic carbocycles. The largest absolute Gasteiger partial charge is 0.343 e. The molecular weight excluding hydrogens is 390 g/mol. The van der Waals surface area contributed by atoms with Gasteiger partial charge in [-0.05, 0) is 60.3 Å². The van der Waals surface area contributed by atoms with Crippen LogP contribution in [0.2, 0.25) is 0 Å². The van der Waals surface area contributed by atoms with Crippen molar-refractivity contribution in [2.75, 3.05) is 6.54 Å². The molecule has 0 saturated carbocycles. The molecule has 2 aliphatic carbocycles. The number of fused-ring (bicyclic) bond motifs is 2. The Kier molecular flexibility index (Phi) is 5.94. The van der Waals surface area contributed by atoms with Crippen LogP contribution in [0, 0.1) is 11.3 Å². The van der Waals surface area contributed by atoms with Gasteiger partial charge in [-0.15, -0.1) is 11.3 Å². The maximum Gasteiger partial charge on any atom is 0.261 e. The number of aryl methyl sites for hydroxylation is 1. The number of carbonyl (C=O) groups is 1. The Bertz CT molecular complexity index is 1040. The Hall–Kier alpha value is -2.24. The summed E-state index contributed by atoms with van der Waals surface area (Å²) < 4.78 is 0. The summed E-state index contributed by atoms with van der Waals surface area (Å²) in [6.07, 6.45) is 14.4. The molecule has 0 spiro atoms. The molecule has 2 aromatic rings. The molecule has 2 heterocycles. The lowest BCUT2D eigenvalue weighted by Crippen LogP contribution is -2.41. The highest BCUT2D eigenvalue weighted by Crippen LogP contribution is 2.38. The molecule has 158 valence electrons. The van der Waals surface area contributed by atoms with E-state index in [0.717, 1.165) is 35.1 Å². The van der Waals surface area contributed by atoms with E-state index in [9.17, 15) is 4.79 Å². The molecule has 2 aromatic heterocycles. The number of rotatable bonds is 4. The van der Waals surface area contributed by atoms with Gasteiger partial charge in [0.25, 0.3) is 5.91 Å². The highest BCUT2D eigenvalue weighted by Gasteiger charge is 2.29. The van der Waals surface area contributed by atoms with Crippen LogP contribution in [0.25, 0.3) is 10.2 Å². The molecule has 4 nitrogen and oxygen atoms in total. The average Bonchev–Trinajstić information content (AvgIpc) is 2.93. The van der Waals surface area contributed by atoms with Crippen molar-refractivity contribution in [3.05, 3.63) is 64.2 Å². The summed E-state index contributed by atoms with van der Waals surface area (Å²) in [5.41, 5.74) is 9.88. The summed E-state index contributed by atoms with van der Waals surface area (Å²) in [6, 6.07) is 4.05. The molecule has 2 aliphatic rings. The van der Waals surface area contributed by atoms with Gasteiger partial charge in [-0.1, -0.05) is 51.2 Å². The maximum atomic E-state index is 13.0. The molecule has 0 saturated heterocycles. The molecule has 30 heavy (non-hydrogen) atoms. The van der Waals surface area contributed by atoms with Crippen LogP contribution < -0.4 is 11.1 Å². The Morgan fingerprint density at radius 2 is 2.17 bits per heavy atom. The second-order valence-electron chi connectivity index (χ2n) is 9.39. The van der Waals surface area contributed by atoms with Crippen LogP contribution in [0.15, 0.2) is 48.1 Å². The van der Waals surface area contributed by atoms with Gasteiger partial charge >= 0.3 is 0 Å². The van der Waals surface area contributed by atoms with E-state index >= 15 is 0 Å². The molecule has 3 N–H and O–H groups in total. The van der Waals surface area contributed by atoms with E-state index in [1.54, 1.807) is 0 Å². The van der Waals surface area contributed by atoms with Crippen molar-refractivity contribution in [3.63, 3.8) is 0 Å². The number of allylic oxidation sites excluding steroid dienone is 4. The Labute approximate surface area is 183 Å². The molecule has 4 rings (SSSR count). The number of pyridine rings is 1. The number of hydrogen-bond donors (Lipinski definition) is 2. The fraction of sp³-hybridized carbons (Fsp3) is 0.440. The third kappa shape index (κ3) is 4.42. The zero-order valence-corrected chi connectivity index (χ0v) is 18.9. The number of carbonyl (C=O) groups excluding carboxylic acids is 1. The predicted octanol–water partition coefficient (Wildman–Crippen LogP) is 4.95. The van der Waals surface area contributed by atoms with Crippen LogP contribution in [-0.2, 0) is 12.8 Å². The standard InChI is InChI=1S/C25H31N3OS/c1-25(2,3)19-10-11-20-17(13-19)12-18-14-22(30-24(18)28-20)23(29)27-21(15-26)16-8-6-4-5-7-9-16/h4-6,8-9,12,14,19,21H,7,10-11,13,15,26H2,1-3H3,(H,27,29). The van der Waals surface area contributed by atoms with Crippen LogP contribution in [0.1, 0.15) is 54.5 Å². The van der Waals surface area contributed by atoms with E-state index in [1.165, 1.54) is 29.0 Å². The summed E-state index contributed by atoms with van der Waals surface area (Å²) >= 11 is 1.47. The van der Waals surface area contributed by atoms with Crippen LogP contribution >= 0.6 is 11.3 Å². The minimum Gasteiger partial charge on any atom is -0.343 e. The number of amides is 1. The lowest BCUT2D eigenvalue weighted by molar-refractivity contribution is 0.0948. The van der Waals surface area contributed by atoms with Crippen molar-refractivity contribution in [2.45, 2.75) is 52.5 Å². The van der Waals surface area contributed by atoms with Crippen molar-refractivity contribution in [1.29, 1.82) is 0 Å². The molecule has 2 unspecified atom stereocenters. The lowest BCUT2D eigenvalue weighted by Gasteiger charge is -2.34. The van der Waals surface area contributed by atoms with Crippen molar-refractivity contribution in [1.82, 2.24) is 10.3 Å². The van der Waals surface area contributed by atoms with Gasteiger partial charge in [-0.25, -0.2) is 4.98 Å². The topological polar surface area (TPSA) is 68.0 Å². The van der Waals surface area contributed by atoms with Crippen molar-refractivity contribution in [3.8, 4) is 0 Å². The fourth-order valence-electron chi connectivity index (χ4n) is 4.34. The maximum absolute atomic E-state index is 13.0. The zero-order valence-electron chi connectivity index (χ0n) is 18.1. The van der Waals surface area contributed by atoms with Crippen LogP contribution in [0.5, 0.6) is 0 Å². The van der Waals surface area contributed by atoms with Gasteiger partial charge in [-0.2, -0.15) is 0 Å². The first-order valence-corrected chi connectivity index (χ1v) is 11.6. The minimum atomic E-state index is -0.187. The quantitative estimate of drug-likeness (QED) is 0.734. The second-order valence-corrected chi connectivity index (χ2v) is 10.4. The van der Waals surface area contributed by atoms with E-state index in [1.807, 2.05) is 24.3 Å². The van der Waals surface area contributed by atoms with E-state index < -0.39 is 0 Å². The minimum absolute atomic E-state index is 0.0782. The second kappa shape index (κ2) is 8.48. The monoisotopic (exact) mass is 421 g/mol. The van der Waals surface area contributed by atoms with Gasteiger partial charge in [0.1, 0.15) is 4.83 Å². The van der Waals surface area contributed by atoms with Crippen LogP contribution in [0.3, 0.4) is 0 Å². The molecular formula is C25H31N3OS. The number of hydrogen-bond acceptors (Lipinski definition) is 4. The van der Waals surface area contributed by atoms with E-state index in [2.05, 4.69) is 44.3 Å². The third-order valence-electron chi connectivity index (χ3n) is 6.29. The molecule has 0 fully saturated rings. The lowest BCUT2D eigenvalue weighted by atomic mass is 9.71. The predicted molar refractivity (Wildman–Crippen MR) is 126 cm³/mol. The Morgan fingerprint density at radius 3 is 2.93 bits per heavy atom. The number of aromatic nitrogens is 1. The molecule has 1 amide bonds. The number of nitrogens with two attached hydrogens (primary N) is 1. The highest BCUT2D eigenvalue weighted by atomic mass is 32.1. The number of nitrogens with zero attached hydrogens (tertiary/aromatic N) is 1. The summed E-state index contributed by atoms with van der Waals surface area (Å²) in [7, 11) is 0. The summed E-state index contributed by atoms with van der Waals surface area (Å²) in [6.45, 7) is 7.34. The van der Waals surface area contributed by atoms with Crippen molar-refractivity contribution >= 4 is 27.5 Å². The Balaban J connectivity index is 1.55. The van der Waals surface area contributed by atoms with Crippen molar-refractivity contribution < 1.29 is 4.79 Å². The molecule has 0 bridgehead atoms. The van der Waals surface area contributed by atoms with Crippen molar-refractivity contribution in [2.24, 2.45) is 17.1 Å². The van der Waals surface area contributed by atoms with Gasteiger partial charge < -0.3 is 11.1 Å². The van der Waals surface area contributed by atoms with Crippen LogP contribution in [0.4, 0.5) is 0 Å². The summed E-state index contributed by atoms with van der Waals surface area (Å²) in [4.78, 5) is 19.5. The van der Waals surface area contributed by atoms with E-state index in [-0.39, 0.29) is 11.9 Å². The number of nitrogens with one attached hydrogen (secondary N) is 1. The molecule has 0 aliphatic heterocycles. The summed E-state index contributed by atoms with van der Waals surface area (Å²) in [5, 5.41) is 4.18. The first-order valence-electron chi connectivity index (χ1n) is 10.8. The first-order chi connectivity index (χ1) is 14.3. The molecule has 2 atom stereocenters.